The standard InChI is InChI=1S/C41H23N5S3/c1-2-10-24(11-3-1)37-44-38(25-20-22-26(23-21-25)40-42-30-15-4-6-17-32(30)48-40)46-39(45-37)28-13-9-19-34-35(28)27-12-8-14-29(36(27)47-34)41-43-31-16-5-7-18-33(31)49-41/h1-23H. The highest BCUT2D eigenvalue weighted by molar-refractivity contribution is 7.27. The number of hydrogen-bond donors (Lipinski definition) is 0. The van der Waals surface area contributed by atoms with Crippen LogP contribution >= 0.6 is 34.0 Å². The molecule has 0 saturated carbocycles. The zero-order valence-electron chi connectivity index (χ0n) is 25.7. The number of aromatic nitrogens is 5. The van der Waals surface area contributed by atoms with Gasteiger partial charge in [0.15, 0.2) is 17.5 Å². The third-order valence-electron chi connectivity index (χ3n) is 8.64. The van der Waals surface area contributed by atoms with E-state index in [2.05, 4.69) is 97.1 Å². The summed E-state index contributed by atoms with van der Waals surface area (Å²) in [6.07, 6.45) is 0. The minimum atomic E-state index is 0.631. The van der Waals surface area contributed by atoms with Crippen LogP contribution in [0.5, 0.6) is 0 Å². The molecule has 6 aromatic carbocycles. The zero-order valence-corrected chi connectivity index (χ0v) is 28.2. The van der Waals surface area contributed by atoms with Crippen molar-refractivity contribution in [3.8, 4) is 55.3 Å². The van der Waals surface area contributed by atoms with Gasteiger partial charge in [-0.2, -0.15) is 0 Å². The van der Waals surface area contributed by atoms with E-state index < -0.39 is 0 Å². The lowest BCUT2D eigenvalue weighted by Gasteiger charge is -2.10. The van der Waals surface area contributed by atoms with Gasteiger partial charge in [-0.15, -0.1) is 34.0 Å². The summed E-state index contributed by atoms with van der Waals surface area (Å²) in [4.78, 5) is 25.1. The summed E-state index contributed by atoms with van der Waals surface area (Å²) in [5.74, 6) is 1.92. The Morgan fingerprint density at radius 2 is 0.898 bits per heavy atom. The monoisotopic (exact) mass is 681 g/mol. The molecule has 5 nitrogen and oxygen atoms in total. The summed E-state index contributed by atoms with van der Waals surface area (Å²) in [5, 5.41) is 4.35. The fourth-order valence-electron chi connectivity index (χ4n) is 6.29. The summed E-state index contributed by atoms with van der Waals surface area (Å²) in [5.41, 5.74) is 7.12. The highest BCUT2D eigenvalue weighted by Crippen LogP contribution is 2.45. The summed E-state index contributed by atoms with van der Waals surface area (Å²) in [6, 6.07) is 48.0. The summed E-state index contributed by atoms with van der Waals surface area (Å²) in [6.45, 7) is 0. The van der Waals surface area contributed by atoms with E-state index in [-0.39, 0.29) is 0 Å². The van der Waals surface area contributed by atoms with Crippen LogP contribution in [0.1, 0.15) is 0 Å². The summed E-state index contributed by atoms with van der Waals surface area (Å²) < 4.78 is 4.77. The van der Waals surface area contributed by atoms with E-state index in [9.17, 15) is 0 Å². The Bertz CT molecular complexity index is 2770. The van der Waals surface area contributed by atoms with Crippen molar-refractivity contribution in [3.05, 3.63) is 140 Å². The molecule has 0 aliphatic carbocycles. The average Bonchev–Trinajstić information content (AvgIpc) is 3.90. The summed E-state index contributed by atoms with van der Waals surface area (Å²) >= 11 is 5.23. The molecule has 0 unspecified atom stereocenters. The number of benzene rings is 6. The molecule has 10 aromatic rings. The SMILES string of the molecule is c1ccc(-c2nc(-c3ccc(-c4nc5ccccc5s4)cc3)nc(-c3cccc4sc5c(-c6nc7ccccc7s6)cccc5c34)n2)cc1. The lowest BCUT2D eigenvalue weighted by atomic mass is 10.0. The third-order valence-corrected chi connectivity index (χ3v) is 12.0. The van der Waals surface area contributed by atoms with E-state index in [0.717, 1.165) is 54.3 Å². The van der Waals surface area contributed by atoms with E-state index in [0.29, 0.717) is 17.5 Å². The van der Waals surface area contributed by atoms with Crippen molar-refractivity contribution in [2.45, 2.75) is 0 Å². The van der Waals surface area contributed by atoms with Crippen molar-refractivity contribution in [1.29, 1.82) is 0 Å². The molecule has 10 rings (SSSR count). The lowest BCUT2D eigenvalue weighted by Crippen LogP contribution is -2.00. The molecule has 0 aliphatic heterocycles. The van der Waals surface area contributed by atoms with Crippen LogP contribution in [0.2, 0.25) is 0 Å². The number of nitrogens with zero attached hydrogens (tertiary/aromatic N) is 5. The quantitative estimate of drug-likeness (QED) is 0.181. The number of thiophene rings is 1. The Labute approximate surface area is 292 Å². The van der Waals surface area contributed by atoms with Crippen LogP contribution in [0.15, 0.2) is 140 Å². The Balaban J connectivity index is 1.13. The van der Waals surface area contributed by atoms with Crippen molar-refractivity contribution in [2.24, 2.45) is 0 Å². The smallest absolute Gasteiger partial charge is 0.164 e. The van der Waals surface area contributed by atoms with E-state index in [4.69, 9.17) is 24.9 Å². The predicted molar refractivity (Wildman–Crippen MR) is 206 cm³/mol. The van der Waals surface area contributed by atoms with Crippen LogP contribution < -0.4 is 0 Å². The molecule has 0 saturated heterocycles. The number of hydrogen-bond acceptors (Lipinski definition) is 8. The molecule has 0 fully saturated rings. The van der Waals surface area contributed by atoms with Crippen LogP contribution in [-0.2, 0) is 0 Å². The topological polar surface area (TPSA) is 64.5 Å². The van der Waals surface area contributed by atoms with E-state index >= 15 is 0 Å². The third kappa shape index (κ3) is 4.92. The molecular weight excluding hydrogens is 659 g/mol. The Morgan fingerprint density at radius 3 is 1.63 bits per heavy atom. The fraction of sp³-hybridized carbons (Fsp3) is 0. The first-order valence-electron chi connectivity index (χ1n) is 15.8. The van der Waals surface area contributed by atoms with E-state index in [1.54, 1.807) is 34.0 Å². The van der Waals surface area contributed by atoms with Crippen LogP contribution in [0.25, 0.3) is 95.9 Å². The molecular formula is C41H23N5S3. The van der Waals surface area contributed by atoms with Crippen molar-refractivity contribution >= 4 is 74.6 Å². The minimum Gasteiger partial charge on any atom is -0.236 e. The maximum atomic E-state index is 5.14. The van der Waals surface area contributed by atoms with Gasteiger partial charge in [-0.05, 0) is 30.3 Å². The lowest BCUT2D eigenvalue weighted by molar-refractivity contribution is 1.08. The van der Waals surface area contributed by atoms with Gasteiger partial charge in [-0.25, -0.2) is 24.9 Å². The van der Waals surface area contributed by atoms with Gasteiger partial charge < -0.3 is 0 Å². The number of fused-ring (bicyclic) bond motifs is 5. The van der Waals surface area contributed by atoms with Gasteiger partial charge in [0.05, 0.1) is 20.4 Å². The van der Waals surface area contributed by atoms with Gasteiger partial charge in [-0.1, -0.05) is 109 Å². The van der Waals surface area contributed by atoms with Gasteiger partial charge in [0.2, 0.25) is 0 Å². The molecule has 0 spiro atoms. The molecule has 0 radical (unpaired) electrons. The van der Waals surface area contributed by atoms with Crippen LogP contribution in [0, 0.1) is 0 Å². The van der Waals surface area contributed by atoms with Gasteiger partial charge in [0.25, 0.3) is 0 Å². The van der Waals surface area contributed by atoms with Crippen molar-refractivity contribution < 1.29 is 0 Å². The van der Waals surface area contributed by atoms with Crippen molar-refractivity contribution in [2.75, 3.05) is 0 Å². The molecule has 4 aromatic heterocycles. The molecule has 0 bridgehead atoms. The Hall–Kier alpha value is -5.67. The number of rotatable bonds is 5. The second kappa shape index (κ2) is 11.5. The zero-order chi connectivity index (χ0) is 32.3. The largest absolute Gasteiger partial charge is 0.236 e. The average molecular weight is 682 g/mol. The second-order valence-electron chi connectivity index (χ2n) is 11.7. The second-order valence-corrected chi connectivity index (χ2v) is 14.8. The summed E-state index contributed by atoms with van der Waals surface area (Å²) in [7, 11) is 0. The minimum absolute atomic E-state index is 0.631. The molecule has 49 heavy (non-hydrogen) atoms. The molecule has 0 aliphatic rings. The number of thiazole rings is 2. The molecule has 4 heterocycles. The molecule has 0 amide bonds. The normalized spacial score (nSPS) is 11.7. The highest BCUT2D eigenvalue weighted by Gasteiger charge is 2.19. The predicted octanol–water partition coefficient (Wildman–Crippen LogP) is 11.8. The van der Waals surface area contributed by atoms with Gasteiger partial charge in [0.1, 0.15) is 10.0 Å². The molecule has 230 valence electrons. The van der Waals surface area contributed by atoms with Gasteiger partial charge >= 0.3 is 0 Å². The molecule has 8 heteroatoms. The Kier molecular flexibility index (Phi) is 6.65. The molecule has 0 atom stereocenters. The number of para-hydroxylation sites is 2. The van der Waals surface area contributed by atoms with Crippen LogP contribution in [0.3, 0.4) is 0 Å². The van der Waals surface area contributed by atoms with E-state index in [1.165, 1.54) is 24.2 Å². The van der Waals surface area contributed by atoms with Gasteiger partial charge in [0, 0.05) is 48.0 Å². The van der Waals surface area contributed by atoms with Crippen molar-refractivity contribution in [3.63, 3.8) is 0 Å². The first-order chi connectivity index (χ1) is 24.2. The van der Waals surface area contributed by atoms with Crippen LogP contribution in [0.4, 0.5) is 0 Å². The van der Waals surface area contributed by atoms with E-state index in [1.807, 2.05) is 42.5 Å². The van der Waals surface area contributed by atoms with Gasteiger partial charge in [-0.3, -0.25) is 0 Å². The maximum absolute atomic E-state index is 5.14. The van der Waals surface area contributed by atoms with Crippen molar-refractivity contribution in [1.82, 2.24) is 24.9 Å². The fourth-order valence-corrected chi connectivity index (χ4v) is 9.57. The Morgan fingerprint density at radius 1 is 0.347 bits per heavy atom. The highest BCUT2D eigenvalue weighted by atomic mass is 32.1. The first kappa shape index (κ1) is 28.4. The first-order valence-corrected chi connectivity index (χ1v) is 18.3. The molecule has 0 N–H and O–H groups in total. The van der Waals surface area contributed by atoms with Crippen LogP contribution in [-0.4, -0.2) is 24.9 Å². The maximum Gasteiger partial charge on any atom is 0.164 e.